The second-order valence-electron chi connectivity index (χ2n) is 6.16. The van der Waals surface area contributed by atoms with Gasteiger partial charge in [-0.1, -0.05) is 30.8 Å². The Morgan fingerprint density at radius 1 is 1.33 bits per heavy atom. The number of carbonyl (C=O) groups excluding carboxylic acids is 1. The van der Waals surface area contributed by atoms with Gasteiger partial charge in [0.25, 0.3) is 0 Å². The van der Waals surface area contributed by atoms with Crippen LogP contribution in [0, 0.1) is 6.92 Å². The Bertz CT molecular complexity index is 462. The minimum atomic E-state index is -0.228. The number of hydrogen-bond acceptors (Lipinski definition) is 4. The van der Waals surface area contributed by atoms with Crippen LogP contribution in [-0.2, 0) is 0 Å². The molecular formula is C15H26N4O2. The number of amides is 2. The number of likely N-dealkylation sites (N-methyl/N-ethyl adjacent to an activating group) is 1. The molecule has 2 N–H and O–H groups in total. The van der Waals surface area contributed by atoms with Crippen LogP contribution in [0.5, 0.6) is 0 Å². The average molecular weight is 294 g/mol. The van der Waals surface area contributed by atoms with Gasteiger partial charge in [0.05, 0.1) is 0 Å². The highest BCUT2D eigenvalue weighted by Crippen LogP contribution is 2.30. The van der Waals surface area contributed by atoms with E-state index < -0.39 is 0 Å². The first-order chi connectivity index (χ1) is 10.0. The topological polar surface area (TPSA) is 70.4 Å². The van der Waals surface area contributed by atoms with E-state index in [1.807, 2.05) is 0 Å². The molecule has 6 heteroatoms. The average Bonchev–Trinajstić information content (AvgIpc) is 2.71. The van der Waals surface area contributed by atoms with Gasteiger partial charge in [-0.3, -0.25) is 5.32 Å². The van der Waals surface area contributed by atoms with Gasteiger partial charge in [-0.05, 0) is 33.9 Å². The molecule has 1 heterocycles. The molecule has 6 nitrogen and oxygen atoms in total. The van der Waals surface area contributed by atoms with E-state index >= 15 is 0 Å². The number of hydrogen-bond donors (Lipinski definition) is 2. The van der Waals surface area contributed by atoms with E-state index in [2.05, 4.69) is 34.8 Å². The predicted octanol–water partition coefficient (Wildman–Crippen LogP) is 2.76. The maximum Gasteiger partial charge on any atom is 0.320 e. The fourth-order valence-corrected chi connectivity index (χ4v) is 3.00. The lowest BCUT2D eigenvalue weighted by Crippen LogP contribution is -2.53. The Balaban J connectivity index is 1.90. The van der Waals surface area contributed by atoms with Gasteiger partial charge >= 0.3 is 6.03 Å². The quantitative estimate of drug-likeness (QED) is 0.838. The van der Waals surface area contributed by atoms with Crippen LogP contribution in [0.25, 0.3) is 0 Å². The van der Waals surface area contributed by atoms with Crippen molar-refractivity contribution in [3.05, 3.63) is 11.8 Å². The smallest absolute Gasteiger partial charge is 0.320 e. The molecule has 0 bridgehead atoms. The third kappa shape index (κ3) is 4.20. The van der Waals surface area contributed by atoms with Crippen molar-refractivity contribution in [2.75, 3.05) is 26.0 Å². The van der Waals surface area contributed by atoms with E-state index in [1.165, 1.54) is 25.7 Å². The Kier molecular flexibility index (Phi) is 5.22. The summed E-state index contributed by atoms with van der Waals surface area (Å²) in [6.07, 6.45) is 7.29. The zero-order valence-corrected chi connectivity index (χ0v) is 13.2. The summed E-state index contributed by atoms with van der Waals surface area (Å²) in [5.41, 5.74) is 0.0631. The standard InChI is InChI=1S/C15H26N4O2/c1-12-10-13(18-21-12)17-14(20)16-11-15(19(2)3)8-6-4-5-7-9-15/h10H,4-9,11H2,1-3H3,(H2,16,17,18,20). The van der Waals surface area contributed by atoms with Crippen molar-refractivity contribution in [2.24, 2.45) is 0 Å². The number of nitrogens with zero attached hydrogens (tertiary/aromatic N) is 2. The van der Waals surface area contributed by atoms with Gasteiger partial charge in [0.15, 0.2) is 5.82 Å². The first kappa shape index (κ1) is 15.8. The third-order valence-electron chi connectivity index (χ3n) is 4.43. The highest BCUT2D eigenvalue weighted by atomic mass is 16.5. The van der Waals surface area contributed by atoms with E-state index in [-0.39, 0.29) is 11.6 Å². The highest BCUT2D eigenvalue weighted by molar-refractivity contribution is 5.88. The SMILES string of the molecule is Cc1cc(NC(=O)NCC2(N(C)C)CCCCCC2)no1. The largest absolute Gasteiger partial charge is 0.360 e. The van der Waals surface area contributed by atoms with Crippen LogP contribution in [0.1, 0.15) is 44.3 Å². The van der Waals surface area contributed by atoms with Crippen LogP contribution >= 0.6 is 0 Å². The Morgan fingerprint density at radius 2 is 2.00 bits per heavy atom. The number of rotatable bonds is 4. The van der Waals surface area contributed by atoms with Gasteiger partial charge in [0.2, 0.25) is 0 Å². The fraction of sp³-hybridized carbons (Fsp3) is 0.733. The third-order valence-corrected chi connectivity index (χ3v) is 4.43. The molecule has 118 valence electrons. The maximum atomic E-state index is 12.0. The van der Waals surface area contributed by atoms with Crippen molar-refractivity contribution in [2.45, 2.75) is 51.0 Å². The molecule has 0 atom stereocenters. The van der Waals surface area contributed by atoms with Gasteiger partial charge in [-0.2, -0.15) is 0 Å². The predicted molar refractivity (Wildman–Crippen MR) is 82.4 cm³/mol. The van der Waals surface area contributed by atoms with Crippen LogP contribution in [0.3, 0.4) is 0 Å². The normalized spacial score (nSPS) is 18.3. The molecule has 0 aromatic carbocycles. The lowest BCUT2D eigenvalue weighted by Gasteiger charge is -2.39. The fourth-order valence-electron chi connectivity index (χ4n) is 3.00. The molecule has 1 saturated carbocycles. The second-order valence-corrected chi connectivity index (χ2v) is 6.16. The molecular weight excluding hydrogens is 268 g/mol. The molecule has 1 aromatic rings. The number of aryl methyl sites for hydroxylation is 1. The summed E-state index contributed by atoms with van der Waals surface area (Å²) in [6, 6.07) is 1.47. The van der Waals surface area contributed by atoms with Crippen molar-refractivity contribution in [1.29, 1.82) is 0 Å². The number of aromatic nitrogens is 1. The summed E-state index contributed by atoms with van der Waals surface area (Å²) >= 11 is 0. The summed E-state index contributed by atoms with van der Waals surface area (Å²) in [4.78, 5) is 14.3. The van der Waals surface area contributed by atoms with Gasteiger partial charge in [-0.15, -0.1) is 0 Å². The summed E-state index contributed by atoms with van der Waals surface area (Å²) in [5.74, 6) is 1.13. The van der Waals surface area contributed by atoms with Crippen LogP contribution in [0.4, 0.5) is 10.6 Å². The molecule has 1 aromatic heterocycles. The molecule has 21 heavy (non-hydrogen) atoms. The Hall–Kier alpha value is -1.56. The molecule has 1 aliphatic carbocycles. The van der Waals surface area contributed by atoms with Crippen molar-refractivity contribution in [1.82, 2.24) is 15.4 Å². The molecule has 0 spiro atoms. The molecule has 0 aliphatic heterocycles. The van der Waals surface area contributed by atoms with Gasteiger partial charge in [-0.25, -0.2) is 4.79 Å². The molecule has 1 aliphatic rings. The van der Waals surface area contributed by atoms with Gasteiger partial charge in [0, 0.05) is 18.2 Å². The maximum absolute atomic E-state index is 12.0. The first-order valence-corrected chi connectivity index (χ1v) is 7.67. The number of carbonyl (C=O) groups is 1. The molecule has 0 unspecified atom stereocenters. The zero-order chi connectivity index (χ0) is 15.3. The molecule has 0 saturated heterocycles. The molecule has 2 rings (SSSR count). The minimum Gasteiger partial charge on any atom is -0.360 e. The zero-order valence-electron chi connectivity index (χ0n) is 13.2. The second kappa shape index (κ2) is 6.93. The van der Waals surface area contributed by atoms with Crippen molar-refractivity contribution >= 4 is 11.8 Å². The Morgan fingerprint density at radius 3 is 2.52 bits per heavy atom. The molecule has 0 radical (unpaired) electrons. The highest BCUT2D eigenvalue weighted by Gasteiger charge is 2.33. The first-order valence-electron chi connectivity index (χ1n) is 7.67. The van der Waals surface area contributed by atoms with Crippen LogP contribution in [0.2, 0.25) is 0 Å². The van der Waals surface area contributed by atoms with Gasteiger partial charge < -0.3 is 14.7 Å². The van der Waals surface area contributed by atoms with E-state index in [1.54, 1.807) is 13.0 Å². The number of anilines is 1. The van der Waals surface area contributed by atoms with E-state index in [0.29, 0.717) is 18.1 Å². The lowest BCUT2D eigenvalue weighted by molar-refractivity contribution is 0.129. The van der Waals surface area contributed by atoms with Crippen molar-refractivity contribution in [3.63, 3.8) is 0 Å². The van der Waals surface area contributed by atoms with E-state index in [0.717, 1.165) is 12.8 Å². The number of nitrogens with one attached hydrogen (secondary N) is 2. The summed E-state index contributed by atoms with van der Waals surface area (Å²) in [5, 5.41) is 9.45. The van der Waals surface area contributed by atoms with E-state index in [9.17, 15) is 4.79 Å². The minimum absolute atomic E-state index is 0.0631. The monoisotopic (exact) mass is 294 g/mol. The van der Waals surface area contributed by atoms with Crippen LogP contribution in [-0.4, -0.2) is 42.3 Å². The molecule has 1 fully saturated rings. The number of urea groups is 1. The Labute approximate surface area is 126 Å². The van der Waals surface area contributed by atoms with Crippen molar-refractivity contribution < 1.29 is 9.32 Å². The lowest BCUT2D eigenvalue weighted by atomic mass is 9.89. The summed E-state index contributed by atoms with van der Waals surface area (Å²) in [7, 11) is 4.21. The van der Waals surface area contributed by atoms with E-state index in [4.69, 9.17) is 4.52 Å². The van der Waals surface area contributed by atoms with Crippen LogP contribution in [0.15, 0.2) is 10.6 Å². The van der Waals surface area contributed by atoms with Gasteiger partial charge in [0.1, 0.15) is 5.76 Å². The van der Waals surface area contributed by atoms with Crippen molar-refractivity contribution in [3.8, 4) is 0 Å². The summed E-state index contributed by atoms with van der Waals surface area (Å²) < 4.78 is 4.93. The summed E-state index contributed by atoms with van der Waals surface area (Å²) in [6.45, 7) is 2.45. The molecule has 2 amide bonds. The van der Waals surface area contributed by atoms with Crippen LogP contribution < -0.4 is 10.6 Å².